The first kappa shape index (κ1) is 15.7. The predicted octanol–water partition coefficient (Wildman–Crippen LogP) is 3.97. The first-order valence-electron chi connectivity index (χ1n) is 7.47. The van der Waals surface area contributed by atoms with E-state index >= 15 is 0 Å². The van der Waals surface area contributed by atoms with E-state index in [1.807, 2.05) is 5.38 Å². The van der Waals surface area contributed by atoms with Crippen molar-refractivity contribution in [3.05, 3.63) is 40.9 Å². The van der Waals surface area contributed by atoms with E-state index in [1.54, 1.807) is 11.3 Å². The Hall–Kier alpha value is -1.68. The maximum atomic E-state index is 11.8. The number of aryl methyl sites for hydroxylation is 1. The van der Waals surface area contributed by atoms with Crippen LogP contribution in [0.5, 0.6) is 0 Å². The van der Waals surface area contributed by atoms with Crippen LogP contribution in [0.2, 0.25) is 0 Å². The monoisotopic (exact) mass is 302 g/mol. The summed E-state index contributed by atoms with van der Waals surface area (Å²) in [6.45, 7) is 4.99. The van der Waals surface area contributed by atoms with Crippen LogP contribution in [0.25, 0.3) is 10.6 Å². The van der Waals surface area contributed by atoms with E-state index in [0.717, 1.165) is 35.7 Å². The number of rotatable bonds is 7. The van der Waals surface area contributed by atoms with Crippen LogP contribution in [-0.2, 0) is 11.2 Å². The van der Waals surface area contributed by atoms with Crippen molar-refractivity contribution in [2.75, 3.05) is 6.54 Å². The average Bonchev–Trinajstić information content (AvgIpc) is 2.93. The zero-order valence-electron chi connectivity index (χ0n) is 12.7. The molecule has 3 nitrogen and oxygen atoms in total. The van der Waals surface area contributed by atoms with E-state index in [4.69, 9.17) is 0 Å². The maximum Gasteiger partial charge on any atom is 0.226 e. The van der Waals surface area contributed by atoms with Crippen LogP contribution in [0.3, 0.4) is 0 Å². The van der Waals surface area contributed by atoms with E-state index in [9.17, 15) is 4.79 Å². The highest BCUT2D eigenvalue weighted by atomic mass is 32.1. The number of hydrogen-bond acceptors (Lipinski definition) is 3. The lowest BCUT2D eigenvalue weighted by Gasteiger charge is -2.02. The minimum Gasteiger partial charge on any atom is -0.356 e. The molecule has 1 heterocycles. The van der Waals surface area contributed by atoms with E-state index in [-0.39, 0.29) is 5.91 Å². The summed E-state index contributed by atoms with van der Waals surface area (Å²) in [5.74, 6) is 0.0619. The van der Waals surface area contributed by atoms with Gasteiger partial charge in [0.2, 0.25) is 5.91 Å². The van der Waals surface area contributed by atoms with E-state index in [2.05, 4.69) is 48.4 Å². The Labute approximate surface area is 130 Å². The Kier molecular flexibility index (Phi) is 5.93. The van der Waals surface area contributed by atoms with Crippen LogP contribution < -0.4 is 5.32 Å². The minimum absolute atomic E-state index is 0.0619. The molecule has 1 aromatic heterocycles. The molecule has 112 valence electrons. The van der Waals surface area contributed by atoms with Crippen LogP contribution in [0.15, 0.2) is 29.6 Å². The normalized spacial score (nSPS) is 10.6. The molecule has 0 radical (unpaired) electrons. The molecule has 4 heteroatoms. The molecule has 1 N–H and O–H groups in total. The molecule has 2 aromatic rings. The third kappa shape index (κ3) is 4.97. The van der Waals surface area contributed by atoms with Crippen molar-refractivity contribution in [2.24, 2.45) is 0 Å². The van der Waals surface area contributed by atoms with Gasteiger partial charge in [-0.15, -0.1) is 11.3 Å². The van der Waals surface area contributed by atoms with Gasteiger partial charge < -0.3 is 5.32 Å². The number of hydrogen-bond donors (Lipinski definition) is 1. The van der Waals surface area contributed by atoms with Gasteiger partial charge in [-0.2, -0.15) is 0 Å². The fourth-order valence-electron chi connectivity index (χ4n) is 2.05. The molecule has 0 aliphatic heterocycles. The van der Waals surface area contributed by atoms with Gasteiger partial charge >= 0.3 is 0 Å². The smallest absolute Gasteiger partial charge is 0.226 e. The number of nitrogens with zero attached hydrogens (tertiary/aromatic N) is 1. The molecule has 0 bridgehead atoms. The van der Waals surface area contributed by atoms with Crippen molar-refractivity contribution in [3.8, 4) is 10.6 Å². The van der Waals surface area contributed by atoms with Gasteiger partial charge in [-0.25, -0.2) is 4.98 Å². The first-order chi connectivity index (χ1) is 10.2. The lowest BCUT2D eigenvalue weighted by atomic mass is 10.2. The van der Waals surface area contributed by atoms with Gasteiger partial charge in [0.15, 0.2) is 0 Å². The van der Waals surface area contributed by atoms with E-state index < -0.39 is 0 Å². The molecule has 1 aromatic carbocycles. The second-order valence-corrected chi connectivity index (χ2v) is 6.10. The molecular weight excluding hydrogens is 280 g/mol. The number of aromatic nitrogens is 1. The molecule has 21 heavy (non-hydrogen) atoms. The lowest BCUT2D eigenvalue weighted by molar-refractivity contribution is -0.120. The molecule has 0 spiro atoms. The zero-order chi connectivity index (χ0) is 15.1. The Balaban J connectivity index is 1.88. The van der Waals surface area contributed by atoms with Crippen molar-refractivity contribution < 1.29 is 4.79 Å². The topological polar surface area (TPSA) is 42.0 Å². The molecule has 0 aliphatic carbocycles. The zero-order valence-corrected chi connectivity index (χ0v) is 13.5. The summed E-state index contributed by atoms with van der Waals surface area (Å²) < 4.78 is 0. The standard InChI is InChI=1S/C17H22N2OS/c1-3-4-5-10-18-16(20)11-15-12-21-17(19-15)14-8-6-13(2)7-9-14/h6-9,12H,3-5,10-11H2,1-2H3,(H,18,20). The van der Waals surface area contributed by atoms with Crippen molar-refractivity contribution >= 4 is 17.2 Å². The van der Waals surface area contributed by atoms with Gasteiger partial charge in [-0.1, -0.05) is 49.6 Å². The summed E-state index contributed by atoms with van der Waals surface area (Å²) in [4.78, 5) is 16.4. The van der Waals surface area contributed by atoms with Crippen molar-refractivity contribution in [3.63, 3.8) is 0 Å². The van der Waals surface area contributed by atoms with E-state index in [0.29, 0.717) is 6.42 Å². The molecular formula is C17H22N2OS. The van der Waals surface area contributed by atoms with Gasteiger partial charge in [0.25, 0.3) is 0 Å². The summed E-state index contributed by atoms with van der Waals surface area (Å²) in [6.07, 6.45) is 3.75. The summed E-state index contributed by atoms with van der Waals surface area (Å²) in [5.41, 5.74) is 3.20. The molecule has 1 amide bonds. The first-order valence-corrected chi connectivity index (χ1v) is 8.35. The van der Waals surface area contributed by atoms with Gasteiger partial charge in [0.05, 0.1) is 12.1 Å². The molecule has 0 aliphatic rings. The number of amides is 1. The number of thiazole rings is 1. The summed E-state index contributed by atoms with van der Waals surface area (Å²) in [7, 11) is 0. The number of carbonyl (C=O) groups is 1. The quantitative estimate of drug-likeness (QED) is 0.786. The van der Waals surface area contributed by atoms with Crippen molar-refractivity contribution in [1.82, 2.24) is 10.3 Å². The highest BCUT2D eigenvalue weighted by Crippen LogP contribution is 2.24. The summed E-state index contributed by atoms with van der Waals surface area (Å²) in [5, 5.41) is 5.90. The van der Waals surface area contributed by atoms with Gasteiger partial charge in [-0.05, 0) is 13.3 Å². The SMILES string of the molecule is CCCCCNC(=O)Cc1csc(-c2ccc(C)cc2)n1. The van der Waals surface area contributed by atoms with Crippen LogP contribution in [0.1, 0.15) is 37.4 Å². The Morgan fingerprint density at radius 3 is 2.71 bits per heavy atom. The average molecular weight is 302 g/mol. The Morgan fingerprint density at radius 1 is 1.24 bits per heavy atom. The largest absolute Gasteiger partial charge is 0.356 e. The molecule has 0 saturated heterocycles. The molecule has 0 fully saturated rings. The van der Waals surface area contributed by atoms with Gasteiger partial charge in [0, 0.05) is 17.5 Å². The highest BCUT2D eigenvalue weighted by molar-refractivity contribution is 7.13. The number of benzene rings is 1. The fraction of sp³-hybridized carbons (Fsp3) is 0.412. The second kappa shape index (κ2) is 7.93. The van der Waals surface area contributed by atoms with Crippen LogP contribution in [0.4, 0.5) is 0 Å². The van der Waals surface area contributed by atoms with Crippen LogP contribution >= 0.6 is 11.3 Å². The molecule has 0 atom stereocenters. The summed E-state index contributed by atoms with van der Waals surface area (Å²) in [6, 6.07) is 8.30. The Bertz CT molecular complexity index is 575. The Morgan fingerprint density at radius 2 is 2.00 bits per heavy atom. The van der Waals surface area contributed by atoms with Gasteiger partial charge in [0.1, 0.15) is 5.01 Å². The van der Waals surface area contributed by atoms with Crippen molar-refractivity contribution in [2.45, 2.75) is 39.5 Å². The highest BCUT2D eigenvalue weighted by Gasteiger charge is 2.08. The van der Waals surface area contributed by atoms with Crippen molar-refractivity contribution in [1.29, 1.82) is 0 Å². The molecule has 2 rings (SSSR count). The third-order valence-electron chi connectivity index (χ3n) is 3.29. The maximum absolute atomic E-state index is 11.8. The molecule has 0 saturated carbocycles. The number of nitrogens with one attached hydrogen (secondary N) is 1. The lowest BCUT2D eigenvalue weighted by Crippen LogP contribution is -2.26. The molecule has 0 unspecified atom stereocenters. The van der Waals surface area contributed by atoms with Crippen LogP contribution in [-0.4, -0.2) is 17.4 Å². The fourth-order valence-corrected chi connectivity index (χ4v) is 2.87. The minimum atomic E-state index is 0.0619. The van der Waals surface area contributed by atoms with E-state index in [1.165, 1.54) is 12.0 Å². The third-order valence-corrected chi connectivity index (χ3v) is 4.23. The van der Waals surface area contributed by atoms with Gasteiger partial charge in [-0.3, -0.25) is 4.79 Å². The summed E-state index contributed by atoms with van der Waals surface area (Å²) >= 11 is 1.59. The predicted molar refractivity (Wildman–Crippen MR) is 88.5 cm³/mol. The number of unbranched alkanes of at least 4 members (excludes halogenated alkanes) is 2. The second-order valence-electron chi connectivity index (χ2n) is 5.24. The number of carbonyl (C=O) groups excluding carboxylic acids is 1. The van der Waals surface area contributed by atoms with Crippen LogP contribution in [0, 0.1) is 6.92 Å².